The quantitative estimate of drug-likeness (QED) is 0.526. The summed E-state index contributed by atoms with van der Waals surface area (Å²) < 4.78 is 1.71. The minimum Gasteiger partial charge on any atom is -0.324 e. The van der Waals surface area contributed by atoms with E-state index in [1.165, 1.54) is 23.4 Å². The molecule has 4 aromatic rings. The van der Waals surface area contributed by atoms with E-state index in [-0.39, 0.29) is 16.9 Å². The van der Waals surface area contributed by atoms with E-state index >= 15 is 0 Å². The maximum Gasteiger partial charge on any atom is 0.232 e. The highest BCUT2D eigenvalue weighted by atomic mass is 35.5. The number of anilines is 1. The van der Waals surface area contributed by atoms with Gasteiger partial charge in [-0.25, -0.2) is 14.5 Å². The van der Waals surface area contributed by atoms with E-state index in [2.05, 4.69) is 50.5 Å². The molecular weight excluding hydrogens is 418 g/mol. The summed E-state index contributed by atoms with van der Waals surface area (Å²) in [4.78, 5) is 23.1. The first-order valence-electron chi connectivity index (χ1n) is 9.50. The molecule has 4 aromatic heterocycles. The number of fused-ring (bicyclic) bond motifs is 3. The summed E-state index contributed by atoms with van der Waals surface area (Å²) >= 11 is 6.07. The van der Waals surface area contributed by atoms with Crippen molar-refractivity contribution in [3.8, 4) is 11.9 Å². The van der Waals surface area contributed by atoms with Crippen LogP contribution in [-0.2, 0) is 10.2 Å². The Morgan fingerprint density at radius 3 is 2.77 bits per heavy atom. The van der Waals surface area contributed by atoms with Gasteiger partial charge in [0.1, 0.15) is 11.6 Å². The normalized spacial score (nSPS) is 16.8. The first-order valence-corrected chi connectivity index (χ1v) is 9.87. The van der Waals surface area contributed by atoms with Crippen molar-refractivity contribution in [1.29, 1.82) is 5.26 Å². The average molecular weight is 434 g/mol. The number of nitrogens with one attached hydrogen (secondary N) is 1. The molecule has 31 heavy (non-hydrogen) atoms. The van der Waals surface area contributed by atoms with Crippen LogP contribution in [0.4, 0.5) is 5.69 Å². The fourth-order valence-corrected chi connectivity index (χ4v) is 4.30. The molecule has 0 saturated carbocycles. The van der Waals surface area contributed by atoms with Crippen LogP contribution in [0.3, 0.4) is 0 Å². The standard InChI is InChI=1S/C20H16ClN9O/c1-20(2)7-13(14-10-23-16-6-15(21)28-29(16)17(14)20)19(31)27-12-5-11(8-22)18(24-9-12)30-25-3-4-26-30/h3-6,9-10,13H,7H2,1-2H3,(H,27,31)/t13-/m0/s1. The molecule has 1 amide bonds. The van der Waals surface area contributed by atoms with Crippen LogP contribution in [0.25, 0.3) is 11.5 Å². The SMILES string of the molecule is CC1(C)C[C@H](C(=O)Nc2cnc(-n3nccn3)c(C#N)c2)c2cnc3cc(Cl)nn3c21. The number of amides is 1. The Bertz CT molecular complexity index is 1370. The van der Waals surface area contributed by atoms with Crippen LogP contribution < -0.4 is 5.32 Å². The number of aromatic nitrogens is 7. The summed E-state index contributed by atoms with van der Waals surface area (Å²) in [6.45, 7) is 4.13. The van der Waals surface area contributed by atoms with Crippen LogP contribution >= 0.6 is 11.6 Å². The minimum atomic E-state index is -0.428. The van der Waals surface area contributed by atoms with Gasteiger partial charge in [0.05, 0.1) is 35.9 Å². The van der Waals surface area contributed by atoms with Crippen molar-refractivity contribution in [2.45, 2.75) is 31.6 Å². The maximum absolute atomic E-state index is 13.2. The highest BCUT2D eigenvalue weighted by Gasteiger charge is 2.43. The molecule has 10 nitrogen and oxygen atoms in total. The van der Waals surface area contributed by atoms with E-state index in [9.17, 15) is 10.1 Å². The third kappa shape index (κ3) is 3.10. The number of hydrogen-bond donors (Lipinski definition) is 1. The lowest BCUT2D eigenvalue weighted by molar-refractivity contribution is -0.117. The second-order valence-corrected chi connectivity index (χ2v) is 8.34. The molecule has 5 rings (SSSR count). The smallest absolute Gasteiger partial charge is 0.232 e. The lowest BCUT2D eigenvalue weighted by atomic mass is 9.88. The number of nitriles is 1. The Kier molecular flexibility index (Phi) is 4.23. The van der Waals surface area contributed by atoms with Gasteiger partial charge in [-0.05, 0) is 12.5 Å². The van der Waals surface area contributed by atoms with Gasteiger partial charge in [0.2, 0.25) is 5.91 Å². The van der Waals surface area contributed by atoms with Gasteiger partial charge in [0.15, 0.2) is 16.6 Å². The molecule has 0 fully saturated rings. The van der Waals surface area contributed by atoms with Gasteiger partial charge in [0.25, 0.3) is 0 Å². The fourth-order valence-electron chi connectivity index (χ4n) is 4.12. The van der Waals surface area contributed by atoms with E-state index in [4.69, 9.17) is 11.6 Å². The highest BCUT2D eigenvalue weighted by molar-refractivity contribution is 6.29. The second kappa shape index (κ2) is 6.85. The van der Waals surface area contributed by atoms with Gasteiger partial charge < -0.3 is 5.32 Å². The molecule has 0 radical (unpaired) electrons. The third-order valence-corrected chi connectivity index (χ3v) is 5.58. The van der Waals surface area contributed by atoms with Crippen molar-refractivity contribution < 1.29 is 4.79 Å². The molecule has 0 aliphatic heterocycles. The molecule has 0 saturated heterocycles. The lowest BCUT2D eigenvalue weighted by Crippen LogP contribution is -2.22. The van der Waals surface area contributed by atoms with Crippen molar-refractivity contribution in [2.24, 2.45) is 0 Å². The Morgan fingerprint density at radius 2 is 2.03 bits per heavy atom. The number of nitrogens with zero attached hydrogens (tertiary/aromatic N) is 8. The van der Waals surface area contributed by atoms with Gasteiger partial charge in [-0.15, -0.1) is 4.80 Å². The zero-order valence-electron chi connectivity index (χ0n) is 16.6. The zero-order valence-corrected chi connectivity index (χ0v) is 17.4. The largest absolute Gasteiger partial charge is 0.324 e. The molecular formula is C20H16ClN9O. The van der Waals surface area contributed by atoms with Crippen molar-refractivity contribution in [3.05, 3.63) is 58.9 Å². The lowest BCUT2D eigenvalue weighted by Gasteiger charge is -2.19. The Balaban J connectivity index is 1.47. The van der Waals surface area contributed by atoms with Crippen molar-refractivity contribution in [3.63, 3.8) is 0 Å². The van der Waals surface area contributed by atoms with Gasteiger partial charge >= 0.3 is 0 Å². The van der Waals surface area contributed by atoms with Crippen LogP contribution in [0.15, 0.2) is 36.9 Å². The van der Waals surface area contributed by atoms with Gasteiger partial charge in [-0.2, -0.15) is 20.6 Å². The monoisotopic (exact) mass is 433 g/mol. The van der Waals surface area contributed by atoms with E-state index in [0.717, 1.165) is 11.3 Å². The molecule has 0 aromatic carbocycles. The number of carbonyl (C=O) groups is 1. The fraction of sp³-hybridized carbons (Fsp3) is 0.250. The Hall–Kier alpha value is -3.84. The average Bonchev–Trinajstić information content (AvgIpc) is 3.44. The molecule has 11 heteroatoms. The summed E-state index contributed by atoms with van der Waals surface area (Å²) in [5.41, 5.74) is 2.72. The number of halogens is 1. The highest BCUT2D eigenvalue weighted by Crippen LogP contribution is 2.46. The molecule has 4 heterocycles. The Labute approximate surface area is 181 Å². The summed E-state index contributed by atoms with van der Waals surface area (Å²) in [6, 6.07) is 5.32. The van der Waals surface area contributed by atoms with Gasteiger partial charge in [-0.3, -0.25) is 4.79 Å². The maximum atomic E-state index is 13.2. The molecule has 1 N–H and O–H groups in total. The molecule has 154 valence electrons. The third-order valence-electron chi connectivity index (χ3n) is 5.39. The molecule has 1 atom stereocenters. The number of carbonyl (C=O) groups excluding carboxylic acids is 1. The molecule has 1 aliphatic rings. The summed E-state index contributed by atoms with van der Waals surface area (Å²) in [7, 11) is 0. The van der Waals surface area contributed by atoms with Crippen LogP contribution in [0.2, 0.25) is 5.15 Å². The first-order chi connectivity index (χ1) is 14.9. The minimum absolute atomic E-state index is 0.207. The van der Waals surface area contributed by atoms with Gasteiger partial charge in [0, 0.05) is 23.2 Å². The van der Waals surface area contributed by atoms with Crippen molar-refractivity contribution >= 4 is 28.8 Å². The van der Waals surface area contributed by atoms with Gasteiger partial charge in [-0.1, -0.05) is 25.4 Å². The number of hydrogen-bond acceptors (Lipinski definition) is 7. The van der Waals surface area contributed by atoms with E-state index in [1.807, 2.05) is 0 Å². The molecule has 0 spiro atoms. The van der Waals surface area contributed by atoms with Crippen LogP contribution in [0.5, 0.6) is 0 Å². The molecule has 0 bridgehead atoms. The second-order valence-electron chi connectivity index (χ2n) is 7.95. The summed E-state index contributed by atoms with van der Waals surface area (Å²) in [5, 5.41) is 25.1. The predicted octanol–water partition coefficient (Wildman–Crippen LogP) is 2.63. The summed E-state index contributed by atoms with van der Waals surface area (Å²) in [6.07, 6.45) is 6.77. The first kappa shape index (κ1) is 19.1. The van der Waals surface area contributed by atoms with Crippen LogP contribution in [0.1, 0.15) is 43.0 Å². The van der Waals surface area contributed by atoms with E-state index in [1.54, 1.807) is 22.8 Å². The number of pyridine rings is 1. The van der Waals surface area contributed by atoms with Crippen LogP contribution in [-0.4, -0.2) is 40.5 Å². The molecule has 1 aliphatic carbocycles. The van der Waals surface area contributed by atoms with E-state index in [0.29, 0.717) is 28.7 Å². The predicted molar refractivity (Wildman–Crippen MR) is 111 cm³/mol. The number of rotatable bonds is 3. The Morgan fingerprint density at radius 1 is 1.26 bits per heavy atom. The summed E-state index contributed by atoms with van der Waals surface area (Å²) in [5.74, 6) is -0.343. The van der Waals surface area contributed by atoms with Crippen LogP contribution in [0, 0.1) is 11.3 Å². The topological polar surface area (TPSA) is 127 Å². The van der Waals surface area contributed by atoms with Crippen molar-refractivity contribution in [1.82, 2.24) is 34.6 Å². The zero-order chi connectivity index (χ0) is 21.8. The van der Waals surface area contributed by atoms with E-state index < -0.39 is 5.92 Å². The van der Waals surface area contributed by atoms with Crippen molar-refractivity contribution in [2.75, 3.05) is 5.32 Å². The molecule has 0 unspecified atom stereocenters.